The number of pyridine rings is 1. The fraction of sp³-hybridized carbons (Fsp3) is 0.583. The van der Waals surface area contributed by atoms with E-state index in [2.05, 4.69) is 27.4 Å². The smallest absolute Gasteiger partial charge is 0.253 e. The van der Waals surface area contributed by atoms with E-state index in [0.717, 1.165) is 47.9 Å². The normalized spacial score (nSPS) is 19.5. The summed E-state index contributed by atoms with van der Waals surface area (Å²) in [6.07, 6.45) is 6.24. The second kappa shape index (κ2) is 10.9. The van der Waals surface area contributed by atoms with Crippen LogP contribution in [0.15, 0.2) is 16.2 Å². The first-order chi connectivity index (χ1) is 15.0. The van der Waals surface area contributed by atoms with Gasteiger partial charge in [0, 0.05) is 35.8 Å². The number of anilines is 1. The Morgan fingerprint density at radius 3 is 2.66 bits per heavy atom. The number of halogens is 1. The molecule has 8 heteroatoms. The Bertz CT molecular complexity index is 996. The summed E-state index contributed by atoms with van der Waals surface area (Å²) in [7, 11) is 0. The Morgan fingerprint density at radius 1 is 1.19 bits per heavy atom. The van der Waals surface area contributed by atoms with Crippen LogP contribution in [0.25, 0.3) is 0 Å². The molecule has 32 heavy (non-hydrogen) atoms. The molecule has 176 valence electrons. The Labute approximate surface area is 200 Å². The van der Waals surface area contributed by atoms with Gasteiger partial charge in [0.05, 0.1) is 10.6 Å². The van der Waals surface area contributed by atoms with Crippen LogP contribution in [0.1, 0.15) is 64.8 Å². The highest BCUT2D eigenvalue weighted by molar-refractivity contribution is 7.14. The summed E-state index contributed by atoms with van der Waals surface area (Å²) in [6, 6.07) is 2.52. The molecule has 6 nitrogen and oxygen atoms in total. The van der Waals surface area contributed by atoms with Gasteiger partial charge in [-0.25, -0.2) is 0 Å². The van der Waals surface area contributed by atoms with Crippen molar-refractivity contribution in [3.05, 3.63) is 49.7 Å². The first kappa shape index (κ1) is 24.8. The third-order valence-corrected chi connectivity index (χ3v) is 8.03. The highest BCUT2D eigenvalue weighted by Gasteiger charge is 2.33. The zero-order valence-electron chi connectivity index (χ0n) is 19.3. The van der Waals surface area contributed by atoms with Gasteiger partial charge in [-0.3, -0.25) is 9.59 Å². The standard InChI is InChI=1S/C24H34N4O2S.ClH/c1-15-12-16(2)27-23(30)19(15)13-26-22(29)20-14-31-24(17(20)3)28-11-5-4-6-21(28)18-7-9-25-10-8-18;/h12,14,18,21,25H,4-11,13H2,1-3H3,(H,26,29)(H,27,30);1H. The van der Waals surface area contributed by atoms with Crippen molar-refractivity contribution in [2.75, 3.05) is 24.5 Å². The van der Waals surface area contributed by atoms with Gasteiger partial charge in [-0.1, -0.05) is 0 Å². The number of aromatic nitrogens is 1. The lowest BCUT2D eigenvalue weighted by Crippen LogP contribution is -2.47. The topological polar surface area (TPSA) is 77.2 Å². The second-order valence-corrected chi connectivity index (χ2v) is 9.91. The lowest BCUT2D eigenvalue weighted by atomic mass is 9.84. The van der Waals surface area contributed by atoms with Crippen molar-refractivity contribution in [2.24, 2.45) is 5.92 Å². The molecule has 1 unspecified atom stereocenters. The summed E-state index contributed by atoms with van der Waals surface area (Å²) in [6.45, 7) is 9.40. The monoisotopic (exact) mass is 478 g/mol. The molecule has 1 amide bonds. The van der Waals surface area contributed by atoms with Gasteiger partial charge >= 0.3 is 0 Å². The van der Waals surface area contributed by atoms with Crippen molar-refractivity contribution in [1.29, 1.82) is 0 Å². The quantitative estimate of drug-likeness (QED) is 0.605. The fourth-order valence-electron chi connectivity index (χ4n) is 5.21. The molecule has 3 N–H and O–H groups in total. The minimum Gasteiger partial charge on any atom is -0.360 e. The van der Waals surface area contributed by atoms with Gasteiger partial charge in [-0.2, -0.15) is 0 Å². The van der Waals surface area contributed by atoms with E-state index in [1.165, 1.54) is 37.1 Å². The van der Waals surface area contributed by atoms with E-state index in [1.807, 2.05) is 25.3 Å². The number of amides is 1. The summed E-state index contributed by atoms with van der Waals surface area (Å²) in [5, 5.41) is 9.69. The molecule has 0 radical (unpaired) electrons. The number of hydrogen-bond acceptors (Lipinski definition) is 5. The van der Waals surface area contributed by atoms with E-state index >= 15 is 0 Å². The average molecular weight is 479 g/mol. The van der Waals surface area contributed by atoms with Gasteiger partial charge in [-0.15, -0.1) is 23.7 Å². The molecule has 2 aliphatic rings. The summed E-state index contributed by atoms with van der Waals surface area (Å²) in [4.78, 5) is 30.6. The van der Waals surface area contributed by atoms with Gasteiger partial charge < -0.3 is 20.5 Å². The Balaban J connectivity index is 0.00000289. The molecule has 2 aromatic rings. The predicted octanol–water partition coefficient (Wildman–Crippen LogP) is 4.07. The summed E-state index contributed by atoms with van der Waals surface area (Å²) in [5.41, 5.74) is 4.03. The number of nitrogens with one attached hydrogen (secondary N) is 3. The van der Waals surface area contributed by atoms with Gasteiger partial charge in [0.1, 0.15) is 0 Å². The molecular weight excluding hydrogens is 444 g/mol. The molecule has 0 aliphatic carbocycles. The van der Waals surface area contributed by atoms with Crippen molar-refractivity contribution in [2.45, 2.75) is 65.5 Å². The zero-order chi connectivity index (χ0) is 22.0. The minimum absolute atomic E-state index is 0. The molecule has 2 saturated heterocycles. The number of nitrogens with zero attached hydrogens (tertiary/aromatic N) is 1. The van der Waals surface area contributed by atoms with E-state index in [0.29, 0.717) is 11.6 Å². The van der Waals surface area contributed by atoms with Crippen LogP contribution in [0.3, 0.4) is 0 Å². The molecule has 2 aliphatic heterocycles. The van der Waals surface area contributed by atoms with Crippen molar-refractivity contribution >= 4 is 34.7 Å². The molecule has 0 bridgehead atoms. The molecule has 1 atom stereocenters. The zero-order valence-corrected chi connectivity index (χ0v) is 20.9. The lowest BCUT2D eigenvalue weighted by molar-refractivity contribution is 0.0950. The molecular formula is C24H35ClN4O2S. The maximum absolute atomic E-state index is 13.0. The molecule has 2 aromatic heterocycles. The molecule has 0 spiro atoms. The number of rotatable bonds is 5. The number of aromatic amines is 1. The number of thiophene rings is 1. The van der Waals surface area contributed by atoms with Gasteiger partial charge in [0.25, 0.3) is 11.5 Å². The number of hydrogen-bond donors (Lipinski definition) is 3. The van der Waals surface area contributed by atoms with Crippen LogP contribution in [0.2, 0.25) is 0 Å². The number of aryl methyl sites for hydroxylation is 2. The second-order valence-electron chi connectivity index (χ2n) is 9.05. The van der Waals surface area contributed by atoms with Crippen molar-refractivity contribution in [3.8, 4) is 0 Å². The van der Waals surface area contributed by atoms with Crippen LogP contribution < -0.4 is 21.1 Å². The predicted molar refractivity (Wildman–Crippen MR) is 135 cm³/mol. The molecule has 4 heterocycles. The Hall–Kier alpha value is -1.83. The van der Waals surface area contributed by atoms with E-state index in [9.17, 15) is 9.59 Å². The third kappa shape index (κ3) is 5.21. The summed E-state index contributed by atoms with van der Waals surface area (Å²) < 4.78 is 0. The number of H-pyrrole nitrogens is 1. The van der Waals surface area contributed by atoms with Crippen molar-refractivity contribution in [3.63, 3.8) is 0 Å². The van der Waals surface area contributed by atoms with Crippen LogP contribution in [-0.2, 0) is 6.54 Å². The van der Waals surface area contributed by atoms with Gasteiger partial charge in [0.15, 0.2) is 0 Å². The Morgan fingerprint density at radius 2 is 1.94 bits per heavy atom. The van der Waals surface area contributed by atoms with Crippen LogP contribution in [0.4, 0.5) is 5.00 Å². The number of carbonyl (C=O) groups excluding carboxylic acids is 1. The van der Waals surface area contributed by atoms with Crippen LogP contribution >= 0.6 is 23.7 Å². The fourth-order valence-corrected chi connectivity index (χ4v) is 6.37. The molecule has 4 rings (SSSR count). The first-order valence-corrected chi connectivity index (χ1v) is 12.4. The van der Waals surface area contributed by atoms with E-state index in [-0.39, 0.29) is 30.4 Å². The summed E-state index contributed by atoms with van der Waals surface area (Å²) in [5.74, 6) is 0.631. The van der Waals surface area contributed by atoms with Crippen LogP contribution in [0, 0.1) is 26.7 Å². The number of carbonyl (C=O) groups is 1. The average Bonchev–Trinajstić information content (AvgIpc) is 3.14. The van der Waals surface area contributed by atoms with E-state index < -0.39 is 0 Å². The largest absolute Gasteiger partial charge is 0.360 e. The highest BCUT2D eigenvalue weighted by Crippen LogP contribution is 2.38. The van der Waals surface area contributed by atoms with Crippen molar-refractivity contribution in [1.82, 2.24) is 15.6 Å². The third-order valence-electron chi connectivity index (χ3n) is 6.92. The van der Waals surface area contributed by atoms with Crippen LogP contribution in [-0.4, -0.2) is 36.6 Å². The molecule has 0 aromatic carbocycles. The lowest BCUT2D eigenvalue weighted by Gasteiger charge is -2.43. The molecule has 0 saturated carbocycles. The van der Waals surface area contributed by atoms with Crippen molar-refractivity contribution < 1.29 is 4.79 Å². The van der Waals surface area contributed by atoms with E-state index in [4.69, 9.17) is 0 Å². The van der Waals surface area contributed by atoms with Gasteiger partial charge in [0.2, 0.25) is 0 Å². The number of piperidine rings is 2. The summed E-state index contributed by atoms with van der Waals surface area (Å²) >= 11 is 1.69. The SMILES string of the molecule is Cc1cc(C)c(CNC(=O)c2csc(N3CCCCC3C3CCNCC3)c2C)c(=O)[nH]1.Cl. The molecule has 2 fully saturated rings. The minimum atomic E-state index is -0.126. The maximum atomic E-state index is 13.0. The van der Waals surface area contributed by atoms with E-state index in [1.54, 1.807) is 11.3 Å². The highest BCUT2D eigenvalue weighted by atomic mass is 35.5. The maximum Gasteiger partial charge on any atom is 0.253 e. The Kier molecular flexibility index (Phi) is 8.42. The van der Waals surface area contributed by atoms with Crippen LogP contribution in [0.5, 0.6) is 0 Å². The first-order valence-electron chi connectivity index (χ1n) is 11.5. The van der Waals surface area contributed by atoms with Gasteiger partial charge in [-0.05, 0) is 89.1 Å².